The Morgan fingerprint density at radius 1 is 1.03 bits per heavy atom. The van der Waals surface area contributed by atoms with Crippen LogP contribution in [-0.4, -0.2) is 47.0 Å². The summed E-state index contributed by atoms with van der Waals surface area (Å²) in [7, 11) is -3.57. The standard InChI is InChI=1S/C21H23N3O4S2/c25-20-16-7-3-11-22-19(16)21(26)23(20)13-15-9-10-18(29-15)30(27,28)24-12-4-6-14-5-1-2-8-17(14)24/h3,7,9-11,14,17H,1-2,4-6,8,12-13H2/t14-,17+/m1/s1. The van der Waals surface area contributed by atoms with Crippen LogP contribution in [0.4, 0.5) is 0 Å². The highest BCUT2D eigenvalue weighted by atomic mass is 32.2. The van der Waals surface area contributed by atoms with Crippen LogP contribution in [-0.2, 0) is 16.6 Å². The van der Waals surface area contributed by atoms with E-state index in [0.29, 0.717) is 27.1 Å². The highest BCUT2D eigenvalue weighted by Crippen LogP contribution is 2.39. The zero-order valence-corrected chi connectivity index (χ0v) is 18.1. The lowest BCUT2D eigenvalue weighted by atomic mass is 9.79. The average molecular weight is 446 g/mol. The van der Waals surface area contributed by atoms with E-state index < -0.39 is 15.9 Å². The first-order valence-electron chi connectivity index (χ1n) is 10.4. The summed E-state index contributed by atoms with van der Waals surface area (Å²) in [6, 6.07) is 6.63. The van der Waals surface area contributed by atoms with Crippen molar-refractivity contribution in [3.05, 3.63) is 46.6 Å². The summed E-state index contributed by atoms with van der Waals surface area (Å²) in [6.45, 7) is 0.626. The van der Waals surface area contributed by atoms with Gasteiger partial charge >= 0.3 is 0 Å². The SMILES string of the molecule is O=C1c2cccnc2C(=O)N1Cc1ccc(S(=O)(=O)N2CCC[C@H]3CCCC[C@@H]32)s1. The molecule has 0 radical (unpaired) electrons. The summed E-state index contributed by atoms with van der Waals surface area (Å²) in [6.07, 6.45) is 7.82. The van der Waals surface area contributed by atoms with Crippen molar-refractivity contribution in [3.8, 4) is 0 Å². The van der Waals surface area contributed by atoms with Gasteiger partial charge in [0.25, 0.3) is 21.8 Å². The Balaban J connectivity index is 1.37. The summed E-state index contributed by atoms with van der Waals surface area (Å²) >= 11 is 1.15. The van der Waals surface area contributed by atoms with Gasteiger partial charge < -0.3 is 0 Å². The summed E-state index contributed by atoms with van der Waals surface area (Å²) in [5.41, 5.74) is 0.451. The molecule has 3 aliphatic rings. The maximum Gasteiger partial charge on any atom is 0.280 e. The van der Waals surface area contributed by atoms with Crippen LogP contribution in [0, 0.1) is 5.92 Å². The van der Waals surface area contributed by atoms with E-state index in [1.54, 1.807) is 28.6 Å². The largest absolute Gasteiger partial charge is 0.280 e. The maximum absolute atomic E-state index is 13.4. The van der Waals surface area contributed by atoms with Gasteiger partial charge in [0, 0.05) is 23.7 Å². The third-order valence-corrected chi connectivity index (χ3v) is 9.90. The summed E-state index contributed by atoms with van der Waals surface area (Å²) in [5.74, 6) is -0.357. The minimum atomic E-state index is -3.57. The summed E-state index contributed by atoms with van der Waals surface area (Å²) in [5, 5.41) is 0. The fraction of sp³-hybridized carbons (Fsp3) is 0.476. The van der Waals surface area contributed by atoms with Gasteiger partial charge in [0.05, 0.1) is 12.1 Å². The quantitative estimate of drug-likeness (QED) is 0.674. The van der Waals surface area contributed by atoms with Crippen LogP contribution >= 0.6 is 11.3 Å². The van der Waals surface area contributed by atoms with E-state index in [1.807, 2.05) is 0 Å². The van der Waals surface area contributed by atoms with Gasteiger partial charge in [0.1, 0.15) is 9.90 Å². The van der Waals surface area contributed by atoms with E-state index in [4.69, 9.17) is 0 Å². The van der Waals surface area contributed by atoms with Gasteiger partial charge in [-0.15, -0.1) is 11.3 Å². The Labute approximate surface area is 179 Å². The second-order valence-corrected chi connectivity index (χ2v) is 11.5. The molecule has 2 aromatic rings. The molecule has 30 heavy (non-hydrogen) atoms. The second-order valence-electron chi connectivity index (χ2n) is 8.19. The average Bonchev–Trinajstić information content (AvgIpc) is 3.34. The first kappa shape index (κ1) is 19.8. The topological polar surface area (TPSA) is 87.6 Å². The van der Waals surface area contributed by atoms with Gasteiger partial charge in [-0.05, 0) is 55.9 Å². The molecule has 1 aliphatic carbocycles. The number of sulfonamides is 1. The third-order valence-electron chi connectivity index (χ3n) is 6.44. The Morgan fingerprint density at radius 2 is 1.83 bits per heavy atom. The first-order valence-corrected chi connectivity index (χ1v) is 12.6. The second kappa shape index (κ2) is 7.55. The van der Waals surface area contributed by atoms with Gasteiger partial charge in [0.15, 0.2) is 0 Å². The maximum atomic E-state index is 13.4. The molecule has 0 unspecified atom stereocenters. The van der Waals surface area contributed by atoms with E-state index in [0.717, 1.165) is 48.3 Å². The number of piperidine rings is 1. The Morgan fingerprint density at radius 3 is 2.67 bits per heavy atom. The monoisotopic (exact) mass is 445 g/mol. The first-order chi connectivity index (χ1) is 14.5. The number of rotatable bonds is 4. The number of hydrogen-bond acceptors (Lipinski definition) is 6. The highest BCUT2D eigenvalue weighted by Gasteiger charge is 2.41. The van der Waals surface area contributed by atoms with Crippen LogP contribution in [0.1, 0.15) is 64.2 Å². The number of aromatic nitrogens is 1. The van der Waals surface area contributed by atoms with Crippen molar-refractivity contribution >= 4 is 33.2 Å². The molecule has 2 aromatic heterocycles. The zero-order chi connectivity index (χ0) is 20.9. The highest BCUT2D eigenvalue weighted by molar-refractivity contribution is 7.91. The molecule has 7 nitrogen and oxygen atoms in total. The minimum Gasteiger partial charge on any atom is -0.268 e. The minimum absolute atomic E-state index is 0.0558. The fourth-order valence-corrected chi connectivity index (χ4v) is 8.22. The van der Waals surface area contributed by atoms with Crippen molar-refractivity contribution in [2.75, 3.05) is 6.54 Å². The van der Waals surface area contributed by atoms with E-state index >= 15 is 0 Å². The number of carbonyl (C=O) groups excluding carboxylic acids is 2. The number of pyridine rings is 1. The Bertz CT molecular complexity index is 1070. The lowest BCUT2D eigenvalue weighted by Gasteiger charge is -2.42. The zero-order valence-electron chi connectivity index (χ0n) is 16.5. The lowest BCUT2D eigenvalue weighted by molar-refractivity contribution is 0.0642. The van der Waals surface area contributed by atoms with E-state index in [2.05, 4.69) is 4.98 Å². The molecule has 2 aliphatic heterocycles. The molecule has 0 aromatic carbocycles. The van der Waals surface area contributed by atoms with Gasteiger partial charge in [-0.2, -0.15) is 4.31 Å². The number of imide groups is 1. The van der Waals surface area contributed by atoms with Crippen molar-refractivity contribution < 1.29 is 18.0 Å². The Hall–Kier alpha value is -2.10. The van der Waals surface area contributed by atoms with Crippen LogP contribution in [0.15, 0.2) is 34.7 Å². The fourth-order valence-electron chi connectivity index (χ4n) is 4.99. The molecule has 0 spiro atoms. The van der Waals surface area contributed by atoms with Crippen molar-refractivity contribution in [2.24, 2.45) is 5.92 Å². The number of fused-ring (bicyclic) bond motifs is 2. The molecule has 2 amide bonds. The molecule has 2 fully saturated rings. The van der Waals surface area contributed by atoms with Gasteiger partial charge in [-0.25, -0.2) is 8.42 Å². The summed E-state index contributed by atoms with van der Waals surface area (Å²) in [4.78, 5) is 30.9. The molecule has 158 valence electrons. The number of thiophene rings is 1. The molecular weight excluding hydrogens is 422 g/mol. The van der Waals surface area contributed by atoms with E-state index in [-0.39, 0.29) is 24.2 Å². The predicted molar refractivity (Wildman–Crippen MR) is 112 cm³/mol. The Kier molecular flexibility index (Phi) is 4.99. The molecule has 5 rings (SSSR count). The van der Waals surface area contributed by atoms with Crippen molar-refractivity contribution in [3.63, 3.8) is 0 Å². The van der Waals surface area contributed by atoms with Crippen LogP contribution < -0.4 is 0 Å². The van der Waals surface area contributed by atoms with Crippen molar-refractivity contribution in [2.45, 2.75) is 55.3 Å². The smallest absolute Gasteiger partial charge is 0.268 e. The van der Waals surface area contributed by atoms with Crippen molar-refractivity contribution in [1.29, 1.82) is 0 Å². The van der Waals surface area contributed by atoms with Crippen LogP contribution in [0.2, 0.25) is 0 Å². The third kappa shape index (κ3) is 3.19. The molecule has 0 N–H and O–H groups in total. The lowest BCUT2D eigenvalue weighted by Crippen LogP contribution is -2.49. The van der Waals surface area contributed by atoms with Crippen molar-refractivity contribution in [1.82, 2.24) is 14.2 Å². The molecule has 1 saturated heterocycles. The number of hydrogen-bond donors (Lipinski definition) is 0. The van der Waals surface area contributed by atoms with Gasteiger partial charge in [0.2, 0.25) is 0 Å². The number of carbonyl (C=O) groups is 2. The molecule has 2 atom stereocenters. The number of amides is 2. The van der Waals surface area contributed by atoms with Gasteiger partial charge in [-0.3, -0.25) is 19.5 Å². The van der Waals surface area contributed by atoms with E-state index in [1.165, 1.54) is 12.6 Å². The van der Waals surface area contributed by atoms with E-state index in [9.17, 15) is 18.0 Å². The van der Waals surface area contributed by atoms with Crippen LogP contribution in [0.3, 0.4) is 0 Å². The molecular formula is C21H23N3O4S2. The molecule has 4 heterocycles. The molecule has 9 heteroatoms. The number of nitrogens with zero attached hydrogens (tertiary/aromatic N) is 3. The predicted octanol–water partition coefficient (Wildman–Crippen LogP) is 3.28. The molecule has 0 bridgehead atoms. The van der Waals surface area contributed by atoms with Gasteiger partial charge in [-0.1, -0.05) is 12.8 Å². The normalized spacial score (nSPS) is 24.7. The van der Waals surface area contributed by atoms with Crippen LogP contribution in [0.5, 0.6) is 0 Å². The summed E-state index contributed by atoms with van der Waals surface area (Å²) < 4.78 is 28.8. The van der Waals surface area contributed by atoms with Crippen LogP contribution in [0.25, 0.3) is 0 Å². The molecule has 1 saturated carbocycles.